The van der Waals surface area contributed by atoms with E-state index in [2.05, 4.69) is 32.4 Å². The molecule has 0 saturated heterocycles. The van der Waals surface area contributed by atoms with Crippen molar-refractivity contribution < 1.29 is 0 Å². The van der Waals surface area contributed by atoms with Crippen LogP contribution in [-0.4, -0.2) is 25.0 Å². The van der Waals surface area contributed by atoms with E-state index in [1.165, 1.54) is 6.54 Å². The van der Waals surface area contributed by atoms with Gasteiger partial charge in [0.2, 0.25) is 0 Å². The summed E-state index contributed by atoms with van der Waals surface area (Å²) in [6.07, 6.45) is 3.12. The van der Waals surface area contributed by atoms with Crippen molar-refractivity contribution in [3.05, 3.63) is 12.7 Å². The lowest BCUT2D eigenvalue weighted by molar-refractivity contribution is 0.300. The maximum absolute atomic E-state index is 3.72. The van der Waals surface area contributed by atoms with Crippen LogP contribution in [0.5, 0.6) is 0 Å². The van der Waals surface area contributed by atoms with Gasteiger partial charge in [0.05, 0.1) is 0 Å². The van der Waals surface area contributed by atoms with Crippen molar-refractivity contribution in [2.24, 2.45) is 5.92 Å². The Labute approximate surface area is 64.7 Å². The average Bonchev–Trinajstić information content (AvgIpc) is 1.88. The molecule has 0 spiro atoms. The van der Waals surface area contributed by atoms with E-state index in [4.69, 9.17) is 0 Å². The van der Waals surface area contributed by atoms with Crippen LogP contribution in [0.4, 0.5) is 0 Å². The molecule has 1 nitrogen and oxygen atoms in total. The molecule has 0 N–H and O–H groups in total. The highest BCUT2D eigenvalue weighted by Crippen LogP contribution is 2.03. The Bertz CT molecular complexity index is 88.7. The molecule has 0 saturated carbocycles. The van der Waals surface area contributed by atoms with Gasteiger partial charge in [-0.2, -0.15) is 0 Å². The molecule has 0 aliphatic rings. The fourth-order valence-corrected chi connectivity index (χ4v) is 1.02. The van der Waals surface area contributed by atoms with Crippen LogP contribution < -0.4 is 0 Å². The van der Waals surface area contributed by atoms with Crippen LogP contribution in [0.25, 0.3) is 0 Å². The topological polar surface area (TPSA) is 3.24 Å². The van der Waals surface area contributed by atoms with Crippen molar-refractivity contribution in [3.8, 4) is 0 Å². The smallest absolute Gasteiger partial charge is 0.000681 e. The summed E-state index contributed by atoms with van der Waals surface area (Å²) in [5.41, 5.74) is 0. The van der Waals surface area contributed by atoms with Crippen LogP contribution in [0.2, 0.25) is 0 Å². The van der Waals surface area contributed by atoms with Gasteiger partial charge in [-0.25, -0.2) is 0 Å². The summed E-state index contributed by atoms with van der Waals surface area (Å²) in [7, 11) is 2.15. The molecule has 0 radical (unpaired) electrons. The van der Waals surface area contributed by atoms with E-state index in [0.29, 0.717) is 0 Å². The van der Waals surface area contributed by atoms with Gasteiger partial charge < -0.3 is 4.90 Å². The minimum atomic E-state index is 0.752. The second kappa shape index (κ2) is 5.48. The molecule has 0 aromatic carbocycles. The molecule has 0 fully saturated rings. The number of nitrogens with zero attached hydrogens (tertiary/aromatic N) is 1. The zero-order valence-corrected chi connectivity index (χ0v) is 7.43. The summed E-state index contributed by atoms with van der Waals surface area (Å²) in [6.45, 7) is 10.5. The molecule has 0 aromatic heterocycles. The van der Waals surface area contributed by atoms with Gasteiger partial charge in [0, 0.05) is 6.54 Å². The normalized spacial score (nSPS) is 13.6. The van der Waals surface area contributed by atoms with E-state index in [-0.39, 0.29) is 0 Å². The minimum Gasteiger partial charge on any atom is -0.306 e. The van der Waals surface area contributed by atoms with E-state index in [0.717, 1.165) is 18.9 Å². The number of hydrogen-bond donors (Lipinski definition) is 0. The van der Waals surface area contributed by atoms with Gasteiger partial charge in [-0.05, 0) is 25.9 Å². The Kier molecular flexibility index (Phi) is 5.32. The van der Waals surface area contributed by atoms with Crippen molar-refractivity contribution in [1.82, 2.24) is 4.90 Å². The molecule has 1 atom stereocenters. The van der Waals surface area contributed by atoms with Crippen molar-refractivity contribution in [3.63, 3.8) is 0 Å². The Morgan fingerprint density at radius 2 is 2.20 bits per heavy atom. The van der Waals surface area contributed by atoms with E-state index in [1.54, 1.807) is 0 Å². The minimum absolute atomic E-state index is 0.752. The maximum Gasteiger partial charge on any atom is 0.000681 e. The van der Waals surface area contributed by atoms with Crippen LogP contribution in [-0.2, 0) is 0 Å². The highest BCUT2D eigenvalue weighted by atomic mass is 15.1. The lowest BCUT2D eigenvalue weighted by Gasteiger charge is -2.17. The predicted molar refractivity (Wildman–Crippen MR) is 47.1 cm³/mol. The number of rotatable bonds is 5. The highest BCUT2D eigenvalue weighted by molar-refractivity contribution is 4.71. The first-order valence-electron chi connectivity index (χ1n) is 4.00. The predicted octanol–water partition coefficient (Wildman–Crippen LogP) is 2.15. The van der Waals surface area contributed by atoms with Crippen LogP contribution in [0, 0.1) is 5.92 Å². The van der Waals surface area contributed by atoms with Gasteiger partial charge in [-0.1, -0.05) is 19.9 Å². The molecule has 1 unspecified atom stereocenters. The molecule has 60 valence electrons. The molecule has 0 aliphatic heterocycles. The Balaban J connectivity index is 3.35. The summed E-state index contributed by atoms with van der Waals surface area (Å²) in [5, 5.41) is 0. The van der Waals surface area contributed by atoms with Gasteiger partial charge in [-0.15, -0.1) is 6.58 Å². The van der Waals surface area contributed by atoms with E-state index < -0.39 is 0 Å². The van der Waals surface area contributed by atoms with E-state index in [1.807, 2.05) is 6.08 Å². The molecular formula is C9H19N. The van der Waals surface area contributed by atoms with Gasteiger partial charge in [-0.3, -0.25) is 0 Å². The van der Waals surface area contributed by atoms with E-state index >= 15 is 0 Å². The van der Waals surface area contributed by atoms with Crippen LogP contribution >= 0.6 is 0 Å². The Morgan fingerprint density at radius 1 is 1.60 bits per heavy atom. The van der Waals surface area contributed by atoms with Crippen molar-refractivity contribution in [2.75, 3.05) is 20.1 Å². The standard InChI is InChI=1S/C9H19N/c1-5-7-9(3)8-10(4)6-2/h5,9H,1,6-8H2,2-4H3. The fourth-order valence-electron chi connectivity index (χ4n) is 1.02. The number of allylic oxidation sites excluding steroid dienone is 1. The summed E-state index contributed by atoms with van der Waals surface area (Å²) in [6, 6.07) is 0. The lowest BCUT2D eigenvalue weighted by Crippen LogP contribution is -2.23. The van der Waals surface area contributed by atoms with Crippen molar-refractivity contribution in [1.29, 1.82) is 0 Å². The van der Waals surface area contributed by atoms with E-state index in [9.17, 15) is 0 Å². The molecule has 0 aromatic rings. The van der Waals surface area contributed by atoms with Crippen LogP contribution in [0.1, 0.15) is 20.3 Å². The van der Waals surface area contributed by atoms with Crippen LogP contribution in [0.15, 0.2) is 12.7 Å². The summed E-state index contributed by atoms with van der Waals surface area (Å²) in [5.74, 6) is 0.752. The summed E-state index contributed by atoms with van der Waals surface area (Å²) in [4.78, 5) is 2.33. The first-order valence-corrected chi connectivity index (χ1v) is 4.00. The second-order valence-electron chi connectivity index (χ2n) is 2.98. The molecule has 1 heteroatoms. The molecule has 0 heterocycles. The average molecular weight is 141 g/mol. The third-order valence-electron chi connectivity index (χ3n) is 1.73. The van der Waals surface area contributed by atoms with Gasteiger partial charge in [0.1, 0.15) is 0 Å². The maximum atomic E-state index is 3.72. The Hall–Kier alpha value is -0.300. The Morgan fingerprint density at radius 3 is 2.60 bits per heavy atom. The van der Waals surface area contributed by atoms with Crippen molar-refractivity contribution in [2.45, 2.75) is 20.3 Å². The molecule has 0 amide bonds. The van der Waals surface area contributed by atoms with Crippen LogP contribution in [0.3, 0.4) is 0 Å². The third kappa shape index (κ3) is 4.57. The second-order valence-corrected chi connectivity index (χ2v) is 2.98. The highest BCUT2D eigenvalue weighted by Gasteiger charge is 2.01. The zero-order chi connectivity index (χ0) is 7.98. The largest absolute Gasteiger partial charge is 0.306 e. The first-order chi connectivity index (χ1) is 4.70. The quantitative estimate of drug-likeness (QED) is 0.530. The fraction of sp³-hybridized carbons (Fsp3) is 0.778. The zero-order valence-electron chi connectivity index (χ0n) is 7.43. The molecule has 10 heavy (non-hydrogen) atoms. The van der Waals surface area contributed by atoms with Crippen molar-refractivity contribution >= 4 is 0 Å². The number of hydrogen-bond acceptors (Lipinski definition) is 1. The monoisotopic (exact) mass is 141 g/mol. The summed E-state index contributed by atoms with van der Waals surface area (Å²) >= 11 is 0. The van der Waals surface area contributed by atoms with Gasteiger partial charge >= 0.3 is 0 Å². The third-order valence-corrected chi connectivity index (χ3v) is 1.73. The molecule has 0 bridgehead atoms. The first kappa shape index (κ1) is 9.70. The SMILES string of the molecule is C=CCC(C)CN(C)CC. The molecule has 0 rings (SSSR count). The van der Waals surface area contributed by atoms with Gasteiger partial charge in [0.15, 0.2) is 0 Å². The molecular weight excluding hydrogens is 122 g/mol. The lowest BCUT2D eigenvalue weighted by atomic mass is 10.1. The summed E-state index contributed by atoms with van der Waals surface area (Å²) < 4.78 is 0. The molecule has 0 aliphatic carbocycles. The van der Waals surface area contributed by atoms with Gasteiger partial charge in [0.25, 0.3) is 0 Å².